The summed E-state index contributed by atoms with van der Waals surface area (Å²) < 4.78 is 0. The predicted octanol–water partition coefficient (Wildman–Crippen LogP) is 1.68. The Morgan fingerprint density at radius 1 is 1.44 bits per heavy atom. The van der Waals surface area contributed by atoms with Gasteiger partial charge in [0.1, 0.15) is 6.04 Å². The van der Waals surface area contributed by atoms with E-state index in [0.717, 1.165) is 25.0 Å². The van der Waals surface area contributed by atoms with Gasteiger partial charge in [0, 0.05) is 6.04 Å². The molecule has 2 amide bonds. The van der Waals surface area contributed by atoms with Gasteiger partial charge >= 0.3 is 12.0 Å². The average Bonchev–Trinajstić information content (AvgIpc) is 2.69. The number of hydrogen-bond donors (Lipinski definition) is 3. The second kappa shape index (κ2) is 7.51. The third-order valence-corrected chi connectivity index (χ3v) is 3.89. The van der Waals surface area contributed by atoms with E-state index in [2.05, 4.69) is 17.6 Å². The van der Waals surface area contributed by atoms with Gasteiger partial charge in [0.25, 0.3) is 0 Å². The molecule has 0 saturated heterocycles. The molecule has 0 radical (unpaired) electrons. The highest BCUT2D eigenvalue weighted by Gasteiger charge is 2.25. The fourth-order valence-electron chi connectivity index (χ4n) is 2.22. The topological polar surface area (TPSA) is 78.4 Å². The molecule has 0 aliphatic heterocycles. The number of amides is 2. The number of rotatable bonds is 6. The summed E-state index contributed by atoms with van der Waals surface area (Å²) in [4.78, 5) is 22.7. The molecule has 0 aromatic heterocycles. The Balaban J connectivity index is 2.34. The van der Waals surface area contributed by atoms with Gasteiger partial charge in [-0.15, -0.1) is 0 Å². The average molecular weight is 274 g/mol. The van der Waals surface area contributed by atoms with Crippen LogP contribution in [0.2, 0.25) is 0 Å². The van der Waals surface area contributed by atoms with Gasteiger partial charge in [-0.2, -0.15) is 11.8 Å². The lowest BCUT2D eigenvalue weighted by atomic mass is 10.1. The maximum absolute atomic E-state index is 11.7. The molecule has 3 atom stereocenters. The van der Waals surface area contributed by atoms with Crippen molar-refractivity contribution >= 4 is 23.8 Å². The SMILES string of the molecule is CSCC[C@@H](NC(=O)NC1CCC(C)C1)C(=O)O. The van der Waals surface area contributed by atoms with E-state index >= 15 is 0 Å². The summed E-state index contributed by atoms with van der Waals surface area (Å²) >= 11 is 1.57. The van der Waals surface area contributed by atoms with Crippen LogP contribution in [0.4, 0.5) is 4.79 Å². The second-order valence-corrected chi connectivity index (χ2v) is 5.89. The molecule has 0 heterocycles. The third kappa shape index (κ3) is 5.16. The molecule has 18 heavy (non-hydrogen) atoms. The molecule has 0 bridgehead atoms. The van der Waals surface area contributed by atoms with Gasteiger partial charge in [-0.3, -0.25) is 0 Å². The molecule has 1 aliphatic carbocycles. The molecule has 0 aromatic rings. The van der Waals surface area contributed by atoms with Crippen LogP contribution in [0.1, 0.15) is 32.6 Å². The minimum atomic E-state index is -0.973. The Bertz CT molecular complexity index is 299. The van der Waals surface area contributed by atoms with Gasteiger partial charge in [-0.05, 0) is 43.6 Å². The van der Waals surface area contributed by atoms with E-state index in [0.29, 0.717) is 12.3 Å². The fourth-order valence-corrected chi connectivity index (χ4v) is 2.69. The number of carbonyl (C=O) groups excluding carboxylic acids is 1. The molecule has 0 spiro atoms. The van der Waals surface area contributed by atoms with Gasteiger partial charge in [0.05, 0.1) is 0 Å². The van der Waals surface area contributed by atoms with E-state index in [1.165, 1.54) is 0 Å². The van der Waals surface area contributed by atoms with Crippen molar-refractivity contribution in [2.75, 3.05) is 12.0 Å². The number of thioether (sulfide) groups is 1. The van der Waals surface area contributed by atoms with Crippen molar-refractivity contribution in [3.63, 3.8) is 0 Å². The van der Waals surface area contributed by atoms with Crippen LogP contribution in [0, 0.1) is 5.92 Å². The van der Waals surface area contributed by atoms with Crippen LogP contribution in [0.25, 0.3) is 0 Å². The lowest BCUT2D eigenvalue weighted by Gasteiger charge is -2.17. The van der Waals surface area contributed by atoms with Crippen molar-refractivity contribution in [3.8, 4) is 0 Å². The van der Waals surface area contributed by atoms with Crippen molar-refractivity contribution < 1.29 is 14.7 Å². The Morgan fingerprint density at radius 3 is 2.67 bits per heavy atom. The number of nitrogens with one attached hydrogen (secondary N) is 2. The lowest BCUT2D eigenvalue weighted by molar-refractivity contribution is -0.139. The first kappa shape index (κ1) is 15.1. The summed E-state index contributed by atoms with van der Waals surface area (Å²) in [5, 5.41) is 14.4. The first-order chi connectivity index (χ1) is 8.52. The number of hydrogen-bond acceptors (Lipinski definition) is 3. The zero-order valence-corrected chi connectivity index (χ0v) is 11.8. The van der Waals surface area contributed by atoms with E-state index in [4.69, 9.17) is 5.11 Å². The number of carboxylic acid groups (broad SMARTS) is 1. The van der Waals surface area contributed by atoms with Gasteiger partial charge in [0.2, 0.25) is 0 Å². The molecule has 104 valence electrons. The van der Waals surface area contributed by atoms with Crippen LogP contribution in [0.15, 0.2) is 0 Å². The summed E-state index contributed by atoms with van der Waals surface area (Å²) in [5.41, 5.74) is 0. The van der Waals surface area contributed by atoms with Gasteiger partial charge in [-0.1, -0.05) is 6.92 Å². The Labute approximate surface area is 112 Å². The molecule has 5 nitrogen and oxygen atoms in total. The van der Waals surface area contributed by atoms with Crippen molar-refractivity contribution in [1.29, 1.82) is 0 Å². The molecule has 3 N–H and O–H groups in total. The Kier molecular flexibility index (Phi) is 6.32. The molecular weight excluding hydrogens is 252 g/mol. The second-order valence-electron chi connectivity index (χ2n) is 4.91. The lowest BCUT2D eigenvalue weighted by Crippen LogP contribution is -2.48. The van der Waals surface area contributed by atoms with Crippen LogP contribution in [0.3, 0.4) is 0 Å². The van der Waals surface area contributed by atoms with Crippen molar-refractivity contribution in [2.24, 2.45) is 5.92 Å². The van der Waals surface area contributed by atoms with Gasteiger partial charge < -0.3 is 15.7 Å². The van der Waals surface area contributed by atoms with Crippen molar-refractivity contribution in [3.05, 3.63) is 0 Å². The third-order valence-electron chi connectivity index (χ3n) is 3.24. The van der Waals surface area contributed by atoms with Crippen molar-refractivity contribution in [1.82, 2.24) is 10.6 Å². The van der Waals surface area contributed by atoms with Gasteiger partial charge in [0.15, 0.2) is 0 Å². The highest BCUT2D eigenvalue weighted by Crippen LogP contribution is 2.24. The fraction of sp³-hybridized carbons (Fsp3) is 0.833. The van der Waals surface area contributed by atoms with Crippen LogP contribution < -0.4 is 10.6 Å². The van der Waals surface area contributed by atoms with E-state index in [1.807, 2.05) is 6.26 Å². The van der Waals surface area contributed by atoms with Crippen LogP contribution in [-0.2, 0) is 4.79 Å². The maximum Gasteiger partial charge on any atom is 0.326 e. The first-order valence-electron chi connectivity index (χ1n) is 6.31. The highest BCUT2D eigenvalue weighted by atomic mass is 32.2. The predicted molar refractivity (Wildman–Crippen MR) is 72.9 cm³/mol. The van der Waals surface area contributed by atoms with Crippen LogP contribution >= 0.6 is 11.8 Å². The van der Waals surface area contributed by atoms with Crippen molar-refractivity contribution in [2.45, 2.75) is 44.7 Å². The molecule has 0 aromatic carbocycles. The number of aliphatic carboxylic acids is 1. The van der Waals surface area contributed by atoms with E-state index in [-0.39, 0.29) is 12.1 Å². The molecule has 1 rings (SSSR count). The number of urea groups is 1. The van der Waals surface area contributed by atoms with Crippen LogP contribution in [-0.4, -0.2) is 41.2 Å². The summed E-state index contributed by atoms with van der Waals surface area (Å²) in [6.45, 7) is 2.16. The molecule has 2 unspecified atom stereocenters. The molecular formula is C12H22N2O3S. The number of carbonyl (C=O) groups is 2. The summed E-state index contributed by atoms with van der Waals surface area (Å²) in [6, 6.07) is -0.964. The minimum Gasteiger partial charge on any atom is -0.480 e. The van der Waals surface area contributed by atoms with E-state index < -0.39 is 12.0 Å². The smallest absolute Gasteiger partial charge is 0.326 e. The molecule has 1 saturated carbocycles. The minimum absolute atomic E-state index is 0.190. The summed E-state index contributed by atoms with van der Waals surface area (Å²) in [5.74, 6) is 0.388. The normalized spacial score (nSPS) is 24.6. The Hall–Kier alpha value is -0.910. The summed E-state index contributed by atoms with van der Waals surface area (Å²) in [7, 11) is 0. The first-order valence-corrected chi connectivity index (χ1v) is 7.71. The quantitative estimate of drug-likeness (QED) is 0.688. The maximum atomic E-state index is 11.7. The number of carboxylic acids is 1. The highest BCUT2D eigenvalue weighted by molar-refractivity contribution is 7.98. The monoisotopic (exact) mass is 274 g/mol. The Morgan fingerprint density at radius 2 is 2.17 bits per heavy atom. The van der Waals surface area contributed by atoms with Gasteiger partial charge in [-0.25, -0.2) is 9.59 Å². The standard InChI is InChI=1S/C12H22N2O3S/c1-8-3-4-9(7-8)13-12(17)14-10(11(15)16)5-6-18-2/h8-10H,3-7H2,1-2H3,(H,15,16)(H2,13,14,17)/t8?,9?,10-/m1/s1. The zero-order chi connectivity index (χ0) is 13.5. The molecule has 1 aliphatic rings. The zero-order valence-electron chi connectivity index (χ0n) is 10.9. The van der Waals surface area contributed by atoms with E-state index in [9.17, 15) is 9.59 Å². The van der Waals surface area contributed by atoms with Crippen LogP contribution in [0.5, 0.6) is 0 Å². The van der Waals surface area contributed by atoms with E-state index in [1.54, 1.807) is 11.8 Å². The molecule has 1 fully saturated rings. The summed E-state index contributed by atoms with van der Waals surface area (Å²) in [6.07, 6.45) is 5.46. The molecule has 6 heteroatoms. The largest absolute Gasteiger partial charge is 0.480 e.